The summed E-state index contributed by atoms with van der Waals surface area (Å²) in [7, 11) is 1.79. The highest BCUT2D eigenvalue weighted by Crippen LogP contribution is 2.05. The summed E-state index contributed by atoms with van der Waals surface area (Å²) >= 11 is 0. The van der Waals surface area contributed by atoms with Crippen LogP contribution in [0.4, 0.5) is 0 Å². The lowest BCUT2D eigenvalue weighted by Gasteiger charge is -2.03. The molecule has 0 aromatic rings. The predicted molar refractivity (Wildman–Crippen MR) is 57.0 cm³/mol. The minimum absolute atomic E-state index is 0.586. The fourth-order valence-corrected chi connectivity index (χ4v) is 0.924. The molecular weight excluding hydrogens is 162 g/mol. The number of guanidine groups is 1. The van der Waals surface area contributed by atoms with Gasteiger partial charge in [0.25, 0.3) is 0 Å². The number of hydrogen-bond donors (Lipinski definition) is 3. The Labute approximate surface area is 80.4 Å². The lowest BCUT2D eigenvalue weighted by Crippen LogP contribution is -2.74. The Kier molecular flexibility index (Phi) is 6.69. The monoisotopic (exact) mass is 182 g/mol. The summed E-state index contributed by atoms with van der Waals surface area (Å²) in [5.74, 6) is 0.586. The number of nitrogens with two attached hydrogens (primary N) is 1. The topological polar surface area (TPSA) is 52.0 Å². The van der Waals surface area contributed by atoms with Crippen LogP contribution >= 0.6 is 0 Å². The second kappa shape index (κ2) is 7.40. The van der Waals surface area contributed by atoms with Gasteiger partial charge in [-0.1, -0.05) is 19.9 Å². The lowest BCUT2D eigenvalue weighted by molar-refractivity contribution is -0.423. The molecule has 0 saturated carbocycles. The van der Waals surface area contributed by atoms with E-state index in [1.54, 1.807) is 7.05 Å². The first-order chi connectivity index (χ1) is 6.33. The molecule has 1 aliphatic carbocycles. The van der Waals surface area contributed by atoms with E-state index in [0.29, 0.717) is 5.96 Å². The van der Waals surface area contributed by atoms with E-state index in [9.17, 15) is 0 Å². The first-order valence-corrected chi connectivity index (χ1v) is 4.77. The van der Waals surface area contributed by atoms with Crippen LogP contribution in [0.5, 0.6) is 0 Å². The molecule has 0 saturated heterocycles. The van der Waals surface area contributed by atoms with E-state index in [1.165, 1.54) is 0 Å². The van der Waals surface area contributed by atoms with Crippen molar-refractivity contribution in [3.05, 3.63) is 23.9 Å². The van der Waals surface area contributed by atoms with E-state index in [4.69, 9.17) is 5.73 Å². The molecule has 0 amide bonds. The van der Waals surface area contributed by atoms with Gasteiger partial charge in [0.15, 0.2) is 0 Å². The van der Waals surface area contributed by atoms with Crippen LogP contribution in [0.3, 0.4) is 0 Å². The molecule has 0 unspecified atom stereocenters. The fourth-order valence-electron chi connectivity index (χ4n) is 0.924. The maximum atomic E-state index is 5.52. The molecule has 4 N–H and O–H groups in total. The average Bonchev–Trinajstić information content (AvgIpc) is 2.22. The minimum Gasteiger partial charge on any atom is -0.291 e. The Balaban J connectivity index is 0.000000671. The van der Waals surface area contributed by atoms with Gasteiger partial charge in [0.05, 0.1) is 12.7 Å². The normalized spacial score (nSPS) is 15.6. The molecule has 13 heavy (non-hydrogen) atoms. The largest absolute Gasteiger partial charge is 0.345 e. The van der Waals surface area contributed by atoms with Gasteiger partial charge in [0.1, 0.15) is 0 Å². The zero-order valence-electron chi connectivity index (χ0n) is 8.72. The van der Waals surface area contributed by atoms with E-state index in [0.717, 1.165) is 18.5 Å². The Morgan fingerprint density at radius 3 is 2.62 bits per heavy atom. The number of rotatable bonds is 1. The highest BCUT2D eigenvalue weighted by Gasteiger charge is 2.01. The van der Waals surface area contributed by atoms with E-state index in [1.807, 2.05) is 19.9 Å². The van der Waals surface area contributed by atoms with Gasteiger partial charge in [0.2, 0.25) is 0 Å². The van der Waals surface area contributed by atoms with Gasteiger partial charge in [0, 0.05) is 0 Å². The SMILES string of the molecule is CC.C[NH+]=C(N)NC1=CCCC=C1. The van der Waals surface area contributed by atoms with Crippen molar-refractivity contribution in [2.75, 3.05) is 7.05 Å². The third-order valence-corrected chi connectivity index (χ3v) is 1.54. The maximum Gasteiger partial charge on any atom is 0.345 e. The number of allylic oxidation sites excluding steroid dienone is 3. The van der Waals surface area contributed by atoms with Crippen LogP contribution < -0.4 is 16.0 Å². The molecule has 0 aliphatic heterocycles. The fraction of sp³-hybridized carbons (Fsp3) is 0.500. The van der Waals surface area contributed by atoms with Crippen LogP contribution in [-0.4, -0.2) is 13.0 Å². The number of nitrogens with one attached hydrogen (secondary N) is 2. The summed E-state index contributed by atoms with van der Waals surface area (Å²) in [5.41, 5.74) is 6.60. The van der Waals surface area contributed by atoms with Gasteiger partial charge in [-0.2, -0.15) is 0 Å². The van der Waals surface area contributed by atoms with E-state index in [2.05, 4.69) is 22.5 Å². The zero-order chi connectivity index (χ0) is 10.1. The van der Waals surface area contributed by atoms with Crippen molar-refractivity contribution in [2.24, 2.45) is 5.73 Å². The van der Waals surface area contributed by atoms with Gasteiger partial charge in [-0.05, 0) is 25.0 Å². The van der Waals surface area contributed by atoms with Crippen molar-refractivity contribution in [3.63, 3.8) is 0 Å². The minimum atomic E-state index is 0.586. The first kappa shape index (κ1) is 11.8. The van der Waals surface area contributed by atoms with Crippen LogP contribution in [0.25, 0.3) is 0 Å². The smallest absolute Gasteiger partial charge is 0.291 e. The molecule has 3 heteroatoms. The molecule has 0 fully saturated rings. The highest BCUT2D eigenvalue weighted by molar-refractivity contribution is 5.74. The van der Waals surface area contributed by atoms with Gasteiger partial charge in [-0.25, -0.2) is 5.32 Å². The molecule has 0 aromatic carbocycles. The summed E-state index contributed by atoms with van der Waals surface area (Å²) in [6.07, 6.45) is 8.52. The highest BCUT2D eigenvalue weighted by atomic mass is 15.1. The summed E-state index contributed by atoms with van der Waals surface area (Å²) < 4.78 is 0. The molecule has 1 aliphatic rings. The molecule has 0 heterocycles. The molecule has 3 nitrogen and oxygen atoms in total. The van der Waals surface area contributed by atoms with E-state index < -0.39 is 0 Å². The van der Waals surface area contributed by atoms with Crippen molar-refractivity contribution in [3.8, 4) is 0 Å². The molecule has 0 aromatic heterocycles. The second-order valence-corrected chi connectivity index (χ2v) is 2.43. The van der Waals surface area contributed by atoms with Crippen molar-refractivity contribution < 1.29 is 4.99 Å². The molecule has 0 spiro atoms. The van der Waals surface area contributed by atoms with Crippen LogP contribution in [0.1, 0.15) is 26.7 Å². The predicted octanol–water partition coefficient (Wildman–Crippen LogP) is -0.139. The zero-order valence-corrected chi connectivity index (χ0v) is 8.72. The van der Waals surface area contributed by atoms with Crippen molar-refractivity contribution in [1.82, 2.24) is 5.32 Å². The van der Waals surface area contributed by atoms with Crippen LogP contribution in [0.2, 0.25) is 0 Å². The molecule has 0 bridgehead atoms. The first-order valence-electron chi connectivity index (χ1n) is 4.77. The third kappa shape index (κ3) is 5.06. The van der Waals surface area contributed by atoms with Crippen LogP contribution in [0.15, 0.2) is 23.9 Å². The van der Waals surface area contributed by atoms with Gasteiger partial charge < -0.3 is 0 Å². The van der Waals surface area contributed by atoms with Crippen molar-refractivity contribution >= 4 is 5.96 Å². The molecule has 0 radical (unpaired) electrons. The quantitative estimate of drug-likeness (QED) is 0.390. The standard InChI is InChI=1S/C8H13N3.C2H6/c1-10-8(9)11-7-5-3-2-4-6-7;1-2/h3,5-6H,2,4H2,1H3,(H3,9,10,11);1-2H3/p+1. The summed E-state index contributed by atoms with van der Waals surface area (Å²) in [6, 6.07) is 0. The summed E-state index contributed by atoms with van der Waals surface area (Å²) in [5, 5.41) is 3.03. The Bertz CT molecular complexity index is 214. The van der Waals surface area contributed by atoms with Crippen LogP contribution in [0, 0.1) is 0 Å². The summed E-state index contributed by atoms with van der Waals surface area (Å²) in [4.78, 5) is 2.82. The summed E-state index contributed by atoms with van der Waals surface area (Å²) in [6.45, 7) is 4.00. The Hall–Kier alpha value is -1.25. The molecule has 1 rings (SSSR count). The van der Waals surface area contributed by atoms with Gasteiger partial charge in [-0.3, -0.25) is 10.7 Å². The van der Waals surface area contributed by atoms with Crippen LogP contribution in [-0.2, 0) is 0 Å². The molecular formula is C10H20N3+. The lowest BCUT2D eigenvalue weighted by atomic mass is 10.1. The van der Waals surface area contributed by atoms with Gasteiger partial charge in [-0.15, -0.1) is 0 Å². The number of hydrogen-bond acceptors (Lipinski definition) is 0. The van der Waals surface area contributed by atoms with E-state index >= 15 is 0 Å². The Morgan fingerprint density at radius 2 is 2.15 bits per heavy atom. The van der Waals surface area contributed by atoms with Crippen molar-refractivity contribution in [2.45, 2.75) is 26.7 Å². The van der Waals surface area contributed by atoms with E-state index in [-0.39, 0.29) is 0 Å². The Morgan fingerprint density at radius 1 is 1.46 bits per heavy atom. The molecule has 74 valence electrons. The second-order valence-electron chi connectivity index (χ2n) is 2.43. The third-order valence-electron chi connectivity index (χ3n) is 1.54. The van der Waals surface area contributed by atoms with Gasteiger partial charge >= 0.3 is 5.96 Å². The molecule has 0 atom stereocenters. The maximum absolute atomic E-state index is 5.52. The van der Waals surface area contributed by atoms with Crippen molar-refractivity contribution in [1.29, 1.82) is 0 Å². The average molecular weight is 182 g/mol.